The average molecular weight is 448 g/mol. The first-order chi connectivity index (χ1) is 15.7. The maximum atomic E-state index is 14.2. The molecule has 0 unspecified atom stereocenters. The molecule has 3 aromatic rings. The number of aromatic nitrogens is 4. The fourth-order valence-corrected chi connectivity index (χ4v) is 5.38. The lowest BCUT2D eigenvalue weighted by molar-refractivity contribution is 0.332. The summed E-state index contributed by atoms with van der Waals surface area (Å²) in [5.41, 5.74) is 4.08. The van der Waals surface area contributed by atoms with E-state index in [0.717, 1.165) is 54.6 Å². The monoisotopic (exact) mass is 447 g/mol. The zero-order valence-corrected chi connectivity index (χ0v) is 18.3. The van der Waals surface area contributed by atoms with E-state index in [2.05, 4.69) is 48.9 Å². The number of hydrogen-bond donors (Lipinski definition) is 0. The second-order valence-electron chi connectivity index (χ2n) is 8.81. The molecule has 1 saturated carbocycles. The first-order valence-corrected chi connectivity index (χ1v) is 11.5. The first kappa shape index (κ1) is 19.7. The van der Waals surface area contributed by atoms with E-state index < -0.39 is 0 Å². The predicted molar refractivity (Wildman–Crippen MR) is 121 cm³/mol. The minimum absolute atomic E-state index is 0.165. The van der Waals surface area contributed by atoms with E-state index in [-0.39, 0.29) is 17.7 Å². The Kier molecular flexibility index (Phi) is 4.83. The van der Waals surface area contributed by atoms with Gasteiger partial charge in [0.1, 0.15) is 11.6 Å². The number of hydrogen-bond acceptors (Lipinski definition) is 4. The summed E-state index contributed by atoms with van der Waals surface area (Å²) in [5, 5.41) is 10.0. The molecule has 0 radical (unpaired) electrons. The molecule has 7 heteroatoms. The van der Waals surface area contributed by atoms with E-state index in [4.69, 9.17) is 11.6 Å². The van der Waals surface area contributed by atoms with E-state index in [1.165, 1.54) is 17.3 Å². The Balaban J connectivity index is 1.32. The van der Waals surface area contributed by atoms with Crippen LogP contribution in [0.5, 0.6) is 0 Å². The molecule has 0 atom stereocenters. The summed E-state index contributed by atoms with van der Waals surface area (Å²) in [5.74, 6) is 2.20. The average Bonchev–Trinajstić information content (AvgIpc) is 3.10. The van der Waals surface area contributed by atoms with E-state index >= 15 is 0 Å². The second-order valence-corrected chi connectivity index (χ2v) is 9.25. The highest BCUT2D eigenvalue weighted by Crippen LogP contribution is 2.41. The van der Waals surface area contributed by atoms with Crippen LogP contribution < -0.4 is 0 Å². The maximum Gasteiger partial charge on any atom is 0.157 e. The van der Waals surface area contributed by atoms with Gasteiger partial charge < -0.3 is 4.90 Å². The number of rotatable bonds is 3. The van der Waals surface area contributed by atoms with Gasteiger partial charge in [-0.2, -0.15) is 0 Å². The van der Waals surface area contributed by atoms with Gasteiger partial charge in [-0.05, 0) is 73.7 Å². The van der Waals surface area contributed by atoms with Crippen LogP contribution in [0.4, 0.5) is 4.39 Å². The Labute approximate surface area is 191 Å². The van der Waals surface area contributed by atoms with Crippen LogP contribution in [0.1, 0.15) is 60.4 Å². The molecule has 1 aromatic carbocycles. The molecule has 162 valence electrons. The summed E-state index contributed by atoms with van der Waals surface area (Å²) < 4.78 is 16.5. The highest BCUT2D eigenvalue weighted by atomic mass is 35.5. The van der Waals surface area contributed by atoms with E-state index in [1.807, 2.05) is 12.1 Å². The van der Waals surface area contributed by atoms with Gasteiger partial charge in [-0.3, -0.25) is 9.55 Å². The molecule has 1 fully saturated rings. The third kappa shape index (κ3) is 3.34. The fourth-order valence-electron chi connectivity index (χ4n) is 5.19. The van der Waals surface area contributed by atoms with Gasteiger partial charge in [0, 0.05) is 35.3 Å². The van der Waals surface area contributed by atoms with Crippen molar-refractivity contribution in [2.45, 2.75) is 50.6 Å². The topological polar surface area (TPSA) is 46.8 Å². The van der Waals surface area contributed by atoms with E-state index in [0.29, 0.717) is 12.2 Å². The number of halogens is 2. The van der Waals surface area contributed by atoms with Gasteiger partial charge in [0.25, 0.3) is 0 Å². The highest BCUT2D eigenvalue weighted by Gasteiger charge is 2.32. The number of nitrogens with zero attached hydrogens (tertiary/aromatic N) is 5. The van der Waals surface area contributed by atoms with Gasteiger partial charge in [0.15, 0.2) is 5.82 Å². The van der Waals surface area contributed by atoms with Crippen LogP contribution in [0.15, 0.2) is 60.5 Å². The minimum atomic E-state index is -0.197. The normalized spacial score (nSPS) is 21.9. The Morgan fingerprint density at radius 1 is 1.00 bits per heavy atom. The molecule has 3 aliphatic rings. The molecule has 0 saturated heterocycles. The SMILES string of the molecule is Fc1cccnc1C1CCC(c2nnc3n2-c2ccc(Cl)cc2CN(C2=CC=C2)C3)CC1. The quantitative estimate of drug-likeness (QED) is 0.519. The molecule has 1 aliphatic heterocycles. The lowest BCUT2D eigenvalue weighted by Gasteiger charge is -2.28. The molecule has 0 bridgehead atoms. The maximum absolute atomic E-state index is 14.2. The van der Waals surface area contributed by atoms with Crippen molar-refractivity contribution in [2.24, 2.45) is 0 Å². The minimum Gasteiger partial charge on any atom is -0.360 e. The number of benzene rings is 1. The lowest BCUT2D eigenvalue weighted by Crippen LogP contribution is -2.22. The van der Waals surface area contributed by atoms with Crippen molar-refractivity contribution in [1.29, 1.82) is 0 Å². The summed E-state index contributed by atoms with van der Waals surface area (Å²) in [4.78, 5) is 6.62. The highest BCUT2D eigenvalue weighted by molar-refractivity contribution is 6.30. The number of fused-ring (bicyclic) bond motifs is 3. The van der Waals surface area contributed by atoms with Crippen molar-refractivity contribution in [3.05, 3.63) is 94.2 Å². The van der Waals surface area contributed by atoms with Crippen molar-refractivity contribution in [2.75, 3.05) is 0 Å². The summed E-state index contributed by atoms with van der Waals surface area (Å²) in [6.45, 7) is 1.48. The molecular weight excluding hydrogens is 425 g/mol. The Morgan fingerprint density at radius 3 is 2.56 bits per heavy atom. The second kappa shape index (κ2) is 7.85. The standard InChI is InChI=1S/C25H23ClFN5/c26-19-10-11-22-18(13-19)14-31(20-3-1-4-20)15-23-29-30-25(32(22)23)17-8-6-16(7-9-17)24-21(27)5-2-12-28-24/h1-5,10-13,16-17H,6-9,14-15H2. The third-order valence-corrected chi connectivity index (χ3v) is 7.13. The van der Waals surface area contributed by atoms with Crippen LogP contribution in [0.25, 0.3) is 5.69 Å². The van der Waals surface area contributed by atoms with Crippen molar-refractivity contribution < 1.29 is 4.39 Å². The van der Waals surface area contributed by atoms with Crippen LogP contribution >= 0.6 is 11.6 Å². The van der Waals surface area contributed by atoms with Gasteiger partial charge in [0.05, 0.1) is 17.9 Å². The zero-order valence-electron chi connectivity index (χ0n) is 17.6. The van der Waals surface area contributed by atoms with Gasteiger partial charge in [-0.25, -0.2) is 4.39 Å². The largest absolute Gasteiger partial charge is 0.360 e. The third-order valence-electron chi connectivity index (χ3n) is 6.90. The molecule has 0 amide bonds. The Morgan fingerprint density at radius 2 is 1.81 bits per heavy atom. The van der Waals surface area contributed by atoms with Gasteiger partial charge in [-0.1, -0.05) is 17.7 Å². The van der Waals surface area contributed by atoms with E-state index in [1.54, 1.807) is 12.3 Å². The Hall–Kier alpha value is -2.99. The van der Waals surface area contributed by atoms with Crippen molar-refractivity contribution in [3.8, 4) is 5.69 Å². The van der Waals surface area contributed by atoms with Crippen molar-refractivity contribution in [3.63, 3.8) is 0 Å². The van der Waals surface area contributed by atoms with Crippen molar-refractivity contribution >= 4 is 11.6 Å². The Bertz CT molecular complexity index is 1240. The number of pyridine rings is 1. The van der Waals surface area contributed by atoms with Crippen LogP contribution in [-0.4, -0.2) is 24.6 Å². The molecule has 0 spiro atoms. The van der Waals surface area contributed by atoms with Gasteiger partial charge in [0.2, 0.25) is 0 Å². The fraction of sp³-hybridized carbons (Fsp3) is 0.320. The van der Waals surface area contributed by atoms with Crippen LogP contribution in [0, 0.1) is 5.82 Å². The lowest BCUT2D eigenvalue weighted by atomic mass is 9.79. The zero-order chi connectivity index (χ0) is 21.7. The van der Waals surface area contributed by atoms with Gasteiger partial charge >= 0.3 is 0 Å². The molecule has 6 rings (SSSR count). The summed E-state index contributed by atoms with van der Waals surface area (Å²) in [7, 11) is 0. The van der Waals surface area contributed by atoms with Crippen LogP contribution in [0.2, 0.25) is 5.02 Å². The van der Waals surface area contributed by atoms with E-state index in [9.17, 15) is 4.39 Å². The van der Waals surface area contributed by atoms with Crippen LogP contribution in [-0.2, 0) is 13.1 Å². The first-order valence-electron chi connectivity index (χ1n) is 11.1. The van der Waals surface area contributed by atoms with Crippen molar-refractivity contribution in [1.82, 2.24) is 24.6 Å². The summed E-state index contributed by atoms with van der Waals surface area (Å²) >= 11 is 6.36. The molecule has 0 N–H and O–H groups in total. The summed E-state index contributed by atoms with van der Waals surface area (Å²) in [6.07, 6.45) is 11.7. The molecule has 2 aromatic heterocycles. The predicted octanol–water partition coefficient (Wildman–Crippen LogP) is 5.67. The molecule has 3 heterocycles. The van der Waals surface area contributed by atoms with Crippen LogP contribution in [0.3, 0.4) is 0 Å². The molecule has 32 heavy (non-hydrogen) atoms. The smallest absolute Gasteiger partial charge is 0.157 e. The summed E-state index contributed by atoms with van der Waals surface area (Å²) in [6, 6.07) is 9.22. The van der Waals surface area contributed by atoms with Gasteiger partial charge in [-0.15, -0.1) is 10.2 Å². The number of allylic oxidation sites excluding steroid dienone is 3. The molecule has 2 aliphatic carbocycles. The molecular formula is C25H23ClFN5. The molecule has 5 nitrogen and oxygen atoms in total.